The van der Waals surface area contributed by atoms with E-state index >= 15 is 0 Å². The van der Waals surface area contributed by atoms with Gasteiger partial charge in [0.25, 0.3) is 5.78 Å². The van der Waals surface area contributed by atoms with E-state index in [4.69, 9.17) is 0 Å². The number of Topliss-reactive ketones (excluding diaryl/α,β-unsaturated/α-hetero) is 1. The van der Waals surface area contributed by atoms with Gasteiger partial charge in [-0.3, -0.25) is 4.79 Å². The van der Waals surface area contributed by atoms with E-state index in [2.05, 4.69) is 27.8 Å². The molecule has 16 heavy (non-hydrogen) atoms. The Balaban J connectivity index is 2.91. The lowest BCUT2D eigenvalue weighted by atomic mass is 10.1. The lowest BCUT2D eigenvalue weighted by Crippen LogP contribution is -2.22. The second-order valence-electron chi connectivity index (χ2n) is 2.84. The van der Waals surface area contributed by atoms with Gasteiger partial charge >= 0.3 is 6.18 Å². The molecular weight excluding hydrogens is 285 g/mol. The molecule has 1 aromatic carbocycles. The Morgan fingerprint density at radius 1 is 1.25 bits per heavy atom. The van der Waals surface area contributed by atoms with Crippen molar-refractivity contribution in [1.82, 2.24) is 0 Å². The fourth-order valence-corrected chi connectivity index (χ4v) is 1.14. The Hall–Kier alpha value is -1.28. The zero-order valence-electron chi connectivity index (χ0n) is 7.94. The van der Waals surface area contributed by atoms with E-state index in [-0.39, 0.29) is 5.56 Å². The molecular formula is C11H6BrF3O. The van der Waals surface area contributed by atoms with Crippen molar-refractivity contribution in [3.05, 3.63) is 35.4 Å². The number of benzene rings is 1. The molecule has 0 fully saturated rings. The lowest BCUT2D eigenvalue weighted by Gasteiger charge is -2.04. The van der Waals surface area contributed by atoms with Gasteiger partial charge in [0.2, 0.25) is 0 Å². The van der Waals surface area contributed by atoms with E-state index < -0.39 is 12.0 Å². The van der Waals surface area contributed by atoms with Gasteiger partial charge in [0.15, 0.2) is 0 Å². The standard InChI is InChI=1S/C11H6BrF3O/c12-7-1-2-8-3-5-9(6-4-8)10(16)11(13,14)15/h3-6H,7H2. The van der Waals surface area contributed by atoms with Crippen LogP contribution in [0.4, 0.5) is 13.2 Å². The molecule has 0 N–H and O–H groups in total. The number of carbonyl (C=O) groups is 1. The van der Waals surface area contributed by atoms with Gasteiger partial charge < -0.3 is 0 Å². The summed E-state index contributed by atoms with van der Waals surface area (Å²) in [6.07, 6.45) is -4.83. The lowest BCUT2D eigenvalue weighted by molar-refractivity contribution is -0.0885. The van der Waals surface area contributed by atoms with Gasteiger partial charge in [-0.15, -0.1) is 0 Å². The highest BCUT2D eigenvalue weighted by molar-refractivity contribution is 9.09. The second-order valence-corrected chi connectivity index (χ2v) is 3.40. The van der Waals surface area contributed by atoms with Crippen molar-refractivity contribution in [3.8, 4) is 11.8 Å². The van der Waals surface area contributed by atoms with Gasteiger partial charge in [-0.25, -0.2) is 0 Å². The Kier molecular flexibility index (Phi) is 4.13. The first-order chi connectivity index (χ1) is 7.45. The van der Waals surface area contributed by atoms with Crippen LogP contribution in [0.2, 0.25) is 0 Å². The fraction of sp³-hybridized carbons (Fsp3) is 0.182. The number of hydrogen-bond acceptors (Lipinski definition) is 1. The Labute approximate surface area is 98.8 Å². The highest BCUT2D eigenvalue weighted by atomic mass is 79.9. The van der Waals surface area contributed by atoms with Crippen molar-refractivity contribution in [3.63, 3.8) is 0 Å². The second kappa shape index (κ2) is 5.17. The minimum absolute atomic E-state index is 0.378. The van der Waals surface area contributed by atoms with Crippen LogP contribution < -0.4 is 0 Å². The molecule has 0 atom stereocenters. The van der Waals surface area contributed by atoms with Crippen LogP contribution in [0.1, 0.15) is 15.9 Å². The zero-order valence-corrected chi connectivity index (χ0v) is 9.52. The number of carbonyl (C=O) groups excluding carboxylic acids is 1. The van der Waals surface area contributed by atoms with E-state index in [0.717, 1.165) is 12.1 Å². The highest BCUT2D eigenvalue weighted by Gasteiger charge is 2.38. The summed E-state index contributed by atoms with van der Waals surface area (Å²) in [6.45, 7) is 0. The molecule has 1 rings (SSSR count). The van der Waals surface area contributed by atoms with Crippen molar-refractivity contribution in [1.29, 1.82) is 0 Å². The van der Waals surface area contributed by atoms with E-state index in [1.165, 1.54) is 12.1 Å². The first kappa shape index (κ1) is 12.8. The van der Waals surface area contributed by atoms with E-state index in [0.29, 0.717) is 10.9 Å². The molecule has 0 unspecified atom stereocenters. The first-order valence-corrected chi connectivity index (χ1v) is 5.33. The molecule has 0 spiro atoms. The van der Waals surface area contributed by atoms with Gasteiger partial charge in [0.05, 0.1) is 5.33 Å². The van der Waals surface area contributed by atoms with Gasteiger partial charge in [0, 0.05) is 11.1 Å². The number of ketones is 1. The maximum atomic E-state index is 12.1. The molecule has 0 aliphatic carbocycles. The first-order valence-electron chi connectivity index (χ1n) is 4.21. The largest absolute Gasteiger partial charge is 0.454 e. The van der Waals surface area contributed by atoms with E-state index in [1.807, 2.05) is 0 Å². The average Bonchev–Trinajstić information content (AvgIpc) is 2.25. The summed E-state index contributed by atoms with van der Waals surface area (Å²) >= 11 is 3.09. The molecule has 5 heteroatoms. The summed E-state index contributed by atoms with van der Waals surface area (Å²) in [7, 11) is 0. The number of rotatable bonds is 1. The molecule has 0 bridgehead atoms. The molecule has 0 heterocycles. The summed E-state index contributed by atoms with van der Waals surface area (Å²) in [5.41, 5.74) is 0.190. The summed E-state index contributed by atoms with van der Waals surface area (Å²) in [5.74, 6) is 3.57. The van der Waals surface area contributed by atoms with Crippen LogP contribution in [0.25, 0.3) is 0 Å². The minimum atomic E-state index is -4.83. The molecule has 0 radical (unpaired) electrons. The van der Waals surface area contributed by atoms with Crippen molar-refractivity contribution in [2.45, 2.75) is 6.18 Å². The molecule has 0 amide bonds. The van der Waals surface area contributed by atoms with Gasteiger partial charge in [-0.05, 0) is 24.3 Å². The summed E-state index contributed by atoms with van der Waals surface area (Å²) in [5, 5.41) is 0.482. The maximum absolute atomic E-state index is 12.1. The van der Waals surface area contributed by atoms with Gasteiger partial charge in [-0.1, -0.05) is 27.8 Å². The average molecular weight is 291 g/mol. The topological polar surface area (TPSA) is 17.1 Å². The SMILES string of the molecule is O=C(c1ccc(C#CCBr)cc1)C(F)(F)F. The van der Waals surface area contributed by atoms with Crippen molar-refractivity contribution < 1.29 is 18.0 Å². The number of hydrogen-bond donors (Lipinski definition) is 0. The maximum Gasteiger partial charge on any atom is 0.454 e. The van der Waals surface area contributed by atoms with Gasteiger partial charge in [0.1, 0.15) is 0 Å². The zero-order chi connectivity index (χ0) is 12.2. The summed E-state index contributed by atoms with van der Waals surface area (Å²) < 4.78 is 36.2. The van der Waals surface area contributed by atoms with Crippen LogP contribution in [-0.4, -0.2) is 17.3 Å². The fourth-order valence-electron chi connectivity index (χ4n) is 1.00. The van der Waals surface area contributed by atoms with Crippen LogP contribution in [0.15, 0.2) is 24.3 Å². The molecule has 0 aliphatic heterocycles. The predicted molar refractivity (Wildman–Crippen MR) is 57.5 cm³/mol. The van der Waals surface area contributed by atoms with Crippen molar-refractivity contribution >= 4 is 21.7 Å². The third-order valence-corrected chi connectivity index (χ3v) is 1.98. The molecule has 0 saturated heterocycles. The van der Waals surface area contributed by atoms with Crippen LogP contribution in [0.3, 0.4) is 0 Å². The molecule has 1 nitrogen and oxygen atoms in total. The normalized spacial score (nSPS) is 10.5. The molecule has 84 valence electrons. The third-order valence-electron chi connectivity index (χ3n) is 1.70. The summed E-state index contributed by atoms with van der Waals surface area (Å²) in [6, 6.07) is 5.01. The minimum Gasteiger partial charge on any atom is -0.284 e. The van der Waals surface area contributed by atoms with Crippen molar-refractivity contribution in [2.75, 3.05) is 5.33 Å². The van der Waals surface area contributed by atoms with Crippen molar-refractivity contribution in [2.24, 2.45) is 0 Å². The Morgan fingerprint density at radius 3 is 2.25 bits per heavy atom. The molecule has 0 aromatic heterocycles. The number of halogens is 4. The van der Waals surface area contributed by atoms with E-state index in [1.54, 1.807) is 0 Å². The Morgan fingerprint density at radius 2 is 1.81 bits per heavy atom. The monoisotopic (exact) mass is 290 g/mol. The van der Waals surface area contributed by atoms with Crippen LogP contribution in [-0.2, 0) is 0 Å². The van der Waals surface area contributed by atoms with Crippen LogP contribution in [0.5, 0.6) is 0 Å². The van der Waals surface area contributed by atoms with Crippen LogP contribution in [0, 0.1) is 11.8 Å². The predicted octanol–water partition coefficient (Wildman–Crippen LogP) is 3.18. The Bertz CT molecular complexity index is 437. The summed E-state index contributed by atoms with van der Waals surface area (Å²) in [4.78, 5) is 10.8. The quantitative estimate of drug-likeness (QED) is 0.441. The van der Waals surface area contributed by atoms with Gasteiger partial charge in [-0.2, -0.15) is 13.2 Å². The third kappa shape index (κ3) is 3.38. The molecule has 0 aliphatic rings. The van der Waals surface area contributed by atoms with E-state index in [9.17, 15) is 18.0 Å². The molecule has 1 aromatic rings. The highest BCUT2D eigenvalue weighted by Crippen LogP contribution is 2.21. The van der Waals surface area contributed by atoms with Crippen LogP contribution >= 0.6 is 15.9 Å². The molecule has 0 saturated carbocycles. The number of alkyl halides is 4. The smallest absolute Gasteiger partial charge is 0.284 e.